The topological polar surface area (TPSA) is 107 Å². The molecule has 2 aromatic heterocycles. The van der Waals surface area contributed by atoms with Gasteiger partial charge in [-0.25, -0.2) is 4.68 Å². The summed E-state index contributed by atoms with van der Waals surface area (Å²) in [7, 11) is 0. The maximum Gasteiger partial charge on any atom is 0.310 e. The molecule has 9 heteroatoms. The highest BCUT2D eigenvalue weighted by molar-refractivity contribution is 7.09. The van der Waals surface area contributed by atoms with E-state index in [1.165, 1.54) is 16.2 Å². The molecule has 0 unspecified atom stereocenters. The van der Waals surface area contributed by atoms with E-state index in [4.69, 9.17) is 0 Å². The lowest BCUT2D eigenvalue weighted by Gasteiger charge is -2.18. The van der Waals surface area contributed by atoms with Crippen LogP contribution < -0.4 is 0 Å². The average Bonchev–Trinajstić information content (AvgIpc) is 2.97. The number of hydrogen-bond donors (Lipinski definition) is 1. The van der Waals surface area contributed by atoms with Gasteiger partial charge in [0.25, 0.3) is 0 Å². The molecular formula is C11H16N6O2S. The number of aliphatic carboxylic acids is 1. The summed E-state index contributed by atoms with van der Waals surface area (Å²) in [5, 5.41) is 24.8. The van der Waals surface area contributed by atoms with Crippen LogP contribution in [0.15, 0.2) is 0 Å². The summed E-state index contributed by atoms with van der Waals surface area (Å²) in [5.74, 6) is -0.368. The van der Waals surface area contributed by atoms with Crippen molar-refractivity contribution < 1.29 is 9.90 Å². The first kappa shape index (κ1) is 14.5. The van der Waals surface area contributed by atoms with Crippen molar-refractivity contribution in [2.24, 2.45) is 5.41 Å². The molecule has 0 saturated heterocycles. The third kappa shape index (κ3) is 2.82. The van der Waals surface area contributed by atoms with Crippen molar-refractivity contribution in [3.8, 4) is 10.7 Å². The molecule has 0 bridgehead atoms. The second kappa shape index (κ2) is 5.61. The lowest BCUT2D eigenvalue weighted by molar-refractivity contribution is -0.147. The molecule has 0 amide bonds. The molecule has 108 valence electrons. The van der Waals surface area contributed by atoms with Crippen molar-refractivity contribution in [3.63, 3.8) is 0 Å². The minimum Gasteiger partial charge on any atom is -0.481 e. The van der Waals surface area contributed by atoms with Gasteiger partial charge >= 0.3 is 5.97 Å². The molecule has 0 spiro atoms. The van der Waals surface area contributed by atoms with Crippen LogP contribution in [-0.2, 0) is 17.8 Å². The van der Waals surface area contributed by atoms with Crippen LogP contribution in [0.4, 0.5) is 0 Å². The van der Waals surface area contributed by atoms with Gasteiger partial charge in [-0.3, -0.25) is 4.79 Å². The number of carboxylic acid groups (broad SMARTS) is 1. The molecule has 1 N–H and O–H groups in total. The standard InChI is InChI=1S/C11H16N6O2S/c1-4-5-7-8(20-16-12-7)9-13-14-15-17(9)6-11(2,3)10(18)19/h4-6H2,1-3H3,(H,18,19). The molecule has 20 heavy (non-hydrogen) atoms. The Morgan fingerprint density at radius 3 is 2.80 bits per heavy atom. The van der Waals surface area contributed by atoms with Gasteiger partial charge in [0, 0.05) is 0 Å². The minimum atomic E-state index is -0.951. The molecule has 0 atom stereocenters. The minimum absolute atomic E-state index is 0.189. The van der Waals surface area contributed by atoms with Crippen LogP contribution in [0, 0.1) is 5.41 Å². The Kier molecular flexibility index (Phi) is 4.07. The predicted molar refractivity (Wildman–Crippen MR) is 72.1 cm³/mol. The average molecular weight is 296 g/mol. The fraction of sp³-hybridized carbons (Fsp3) is 0.636. The third-order valence-electron chi connectivity index (χ3n) is 2.90. The zero-order valence-electron chi connectivity index (χ0n) is 11.6. The van der Waals surface area contributed by atoms with Gasteiger partial charge in [-0.2, -0.15) is 0 Å². The number of aryl methyl sites for hydroxylation is 1. The zero-order valence-corrected chi connectivity index (χ0v) is 12.4. The summed E-state index contributed by atoms with van der Waals surface area (Å²) >= 11 is 1.22. The maximum absolute atomic E-state index is 11.2. The highest BCUT2D eigenvalue weighted by Gasteiger charge is 2.30. The van der Waals surface area contributed by atoms with Crippen LogP contribution in [0.2, 0.25) is 0 Å². The SMILES string of the molecule is CCCc1nnsc1-c1nnnn1CC(C)(C)C(=O)O. The van der Waals surface area contributed by atoms with E-state index < -0.39 is 11.4 Å². The van der Waals surface area contributed by atoms with Crippen LogP contribution in [0.1, 0.15) is 32.9 Å². The Morgan fingerprint density at radius 1 is 1.40 bits per heavy atom. The molecule has 0 aliphatic carbocycles. The van der Waals surface area contributed by atoms with Crippen molar-refractivity contribution in [2.45, 2.75) is 40.2 Å². The number of hydrogen-bond acceptors (Lipinski definition) is 7. The van der Waals surface area contributed by atoms with Crippen molar-refractivity contribution in [2.75, 3.05) is 0 Å². The van der Waals surface area contributed by atoms with Crippen molar-refractivity contribution in [1.82, 2.24) is 29.8 Å². The van der Waals surface area contributed by atoms with Crippen LogP contribution in [-0.4, -0.2) is 40.9 Å². The van der Waals surface area contributed by atoms with Gasteiger partial charge in [-0.1, -0.05) is 17.8 Å². The number of aromatic nitrogens is 6. The van der Waals surface area contributed by atoms with E-state index in [0.717, 1.165) is 23.4 Å². The highest BCUT2D eigenvalue weighted by Crippen LogP contribution is 2.27. The van der Waals surface area contributed by atoms with Gasteiger partial charge in [-0.05, 0) is 42.2 Å². The number of nitrogens with zero attached hydrogens (tertiary/aromatic N) is 6. The molecule has 0 saturated carbocycles. The van der Waals surface area contributed by atoms with Gasteiger partial charge in [0.15, 0.2) is 5.82 Å². The summed E-state index contributed by atoms with van der Waals surface area (Å²) in [6, 6.07) is 0. The lowest BCUT2D eigenvalue weighted by atomic mass is 9.94. The van der Waals surface area contributed by atoms with E-state index >= 15 is 0 Å². The van der Waals surface area contributed by atoms with Crippen molar-refractivity contribution >= 4 is 17.5 Å². The summed E-state index contributed by atoms with van der Waals surface area (Å²) in [4.78, 5) is 12.0. The fourth-order valence-corrected chi connectivity index (χ4v) is 2.39. The summed E-state index contributed by atoms with van der Waals surface area (Å²) in [6.07, 6.45) is 1.74. The molecule has 8 nitrogen and oxygen atoms in total. The molecule has 2 aromatic rings. The molecule has 0 aliphatic rings. The van der Waals surface area contributed by atoms with Crippen molar-refractivity contribution in [3.05, 3.63) is 5.69 Å². The van der Waals surface area contributed by atoms with E-state index in [2.05, 4.69) is 32.0 Å². The number of carbonyl (C=O) groups is 1. The lowest BCUT2D eigenvalue weighted by Crippen LogP contribution is -2.30. The van der Waals surface area contributed by atoms with Crippen LogP contribution in [0.3, 0.4) is 0 Å². The first-order chi connectivity index (χ1) is 9.45. The van der Waals surface area contributed by atoms with Crippen LogP contribution in [0.5, 0.6) is 0 Å². The van der Waals surface area contributed by atoms with Crippen molar-refractivity contribution in [1.29, 1.82) is 0 Å². The van der Waals surface area contributed by atoms with E-state index in [1.807, 2.05) is 0 Å². The first-order valence-electron chi connectivity index (χ1n) is 6.27. The smallest absolute Gasteiger partial charge is 0.310 e. The Morgan fingerprint density at radius 2 is 2.15 bits per heavy atom. The first-order valence-corrected chi connectivity index (χ1v) is 7.04. The molecule has 0 radical (unpaired) electrons. The second-order valence-corrected chi connectivity index (χ2v) is 5.90. The number of tetrazole rings is 1. The zero-order chi connectivity index (χ0) is 14.8. The van der Waals surface area contributed by atoms with Crippen LogP contribution >= 0.6 is 11.5 Å². The molecule has 2 rings (SSSR count). The molecule has 0 aromatic carbocycles. The normalized spacial score (nSPS) is 11.8. The van der Waals surface area contributed by atoms with Gasteiger partial charge in [0.2, 0.25) is 0 Å². The fourth-order valence-electron chi connectivity index (χ4n) is 1.69. The van der Waals surface area contributed by atoms with E-state index in [0.29, 0.717) is 5.82 Å². The monoisotopic (exact) mass is 296 g/mol. The largest absolute Gasteiger partial charge is 0.481 e. The number of rotatable bonds is 6. The quantitative estimate of drug-likeness (QED) is 0.854. The van der Waals surface area contributed by atoms with E-state index in [-0.39, 0.29) is 6.54 Å². The molecular weight excluding hydrogens is 280 g/mol. The Balaban J connectivity index is 2.33. The Hall–Kier alpha value is -1.90. The maximum atomic E-state index is 11.2. The molecule has 0 aliphatic heterocycles. The van der Waals surface area contributed by atoms with Gasteiger partial charge in [0.05, 0.1) is 17.7 Å². The summed E-state index contributed by atoms with van der Waals surface area (Å²) < 4.78 is 5.44. The summed E-state index contributed by atoms with van der Waals surface area (Å²) in [5.41, 5.74) is -0.102. The summed E-state index contributed by atoms with van der Waals surface area (Å²) in [6.45, 7) is 5.52. The van der Waals surface area contributed by atoms with E-state index in [1.54, 1.807) is 13.8 Å². The predicted octanol–water partition coefficient (Wildman–Crippen LogP) is 1.25. The van der Waals surface area contributed by atoms with Gasteiger partial charge in [-0.15, -0.1) is 10.2 Å². The molecule has 0 fully saturated rings. The third-order valence-corrected chi connectivity index (χ3v) is 3.67. The highest BCUT2D eigenvalue weighted by atomic mass is 32.1. The molecule has 2 heterocycles. The second-order valence-electron chi connectivity index (χ2n) is 5.15. The Bertz CT molecular complexity index is 606. The number of carboxylic acids is 1. The van der Waals surface area contributed by atoms with E-state index in [9.17, 15) is 9.90 Å². The van der Waals surface area contributed by atoms with Gasteiger partial charge in [0.1, 0.15) is 4.88 Å². The van der Waals surface area contributed by atoms with Crippen LogP contribution in [0.25, 0.3) is 10.7 Å². The Labute approximate surface area is 120 Å². The van der Waals surface area contributed by atoms with Gasteiger partial charge < -0.3 is 5.11 Å².